The summed E-state index contributed by atoms with van der Waals surface area (Å²) in [5.41, 5.74) is 3.77. The molecule has 0 aliphatic rings. The normalized spacial score (nSPS) is 10.6. The van der Waals surface area contributed by atoms with Gasteiger partial charge in [0.25, 0.3) is 0 Å². The highest BCUT2D eigenvalue weighted by Gasteiger charge is 1.99. The van der Waals surface area contributed by atoms with Crippen LogP contribution in [0.25, 0.3) is 0 Å². The van der Waals surface area contributed by atoms with E-state index in [1.807, 2.05) is 18.3 Å². The van der Waals surface area contributed by atoms with Gasteiger partial charge in [0.2, 0.25) is 0 Å². The lowest BCUT2D eigenvalue weighted by Crippen LogP contribution is -2.15. The maximum atomic E-state index is 5.14. The zero-order valence-electron chi connectivity index (χ0n) is 11.6. The summed E-state index contributed by atoms with van der Waals surface area (Å²) in [6.45, 7) is 3.97. The molecular weight excluding hydrogens is 238 g/mol. The lowest BCUT2D eigenvalue weighted by Gasteiger charge is -2.06. The zero-order chi connectivity index (χ0) is 13.5. The molecule has 1 aromatic heterocycles. The Morgan fingerprint density at radius 3 is 2.68 bits per heavy atom. The molecule has 2 rings (SSSR count). The maximum absolute atomic E-state index is 5.14. The van der Waals surface area contributed by atoms with Gasteiger partial charge in [0, 0.05) is 12.2 Å². The molecule has 0 bridgehead atoms. The second-order valence-corrected chi connectivity index (χ2v) is 4.65. The van der Waals surface area contributed by atoms with Gasteiger partial charge in [-0.15, -0.1) is 0 Å². The fourth-order valence-corrected chi connectivity index (χ4v) is 2.01. The highest BCUT2D eigenvalue weighted by molar-refractivity contribution is 5.27. The minimum Gasteiger partial charge on any atom is -0.497 e. The van der Waals surface area contributed by atoms with Gasteiger partial charge in [-0.3, -0.25) is 5.10 Å². The van der Waals surface area contributed by atoms with Crippen LogP contribution in [0, 0.1) is 6.92 Å². The molecule has 0 aliphatic heterocycles. The van der Waals surface area contributed by atoms with Crippen LogP contribution in [-0.4, -0.2) is 23.9 Å². The number of aryl methyl sites for hydroxylation is 2. The zero-order valence-corrected chi connectivity index (χ0v) is 11.6. The minimum atomic E-state index is 0.897. The molecule has 4 heteroatoms. The standard InChI is InChI=1S/C15H21N3O/c1-12-14(11-17-18-12)4-3-9-16-10-13-5-7-15(19-2)8-6-13/h5-8,11,16H,3-4,9-10H2,1-2H3,(H,17,18). The molecule has 1 aromatic carbocycles. The third kappa shape index (κ3) is 4.10. The summed E-state index contributed by atoms with van der Waals surface area (Å²) in [4.78, 5) is 0. The van der Waals surface area contributed by atoms with Gasteiger partial charge in [-0.25, -0.2) is 0 Å². The maximum Gasteiger partial charge on any atom is 0.118 e. The van der Waals surface area contributed by atoms with Gasteiger partial charge >= 0.3 is 0 Å². The summed E-state index contributed by atoms with van der Waals surface area (Å²) in [5.74, 6) is 0.902. The van der Waals surface area contributed by atoms with Crippen LogP contribution in [0.15, 0.2) is 30.5 Å². The Balaban J connectivity index is 1.65. The van der Waals surface area contributed by atoms with Gasteiger partial charge < -0.3 is 10.1 Å². The van der Waals surface area contributed by atoms with E-state index in [-0.39, 0.29) is 0 Å². The number of aromatic nitrogens is 2. The summed E-state index contributed by atoms with van der Waals surface area (Å²) >= 11 is 0. The first kappa shape index (κ1) is 13.6. The number of nitrogens with one attached hydrogen (secondary N) is 2. The van der Waals surface area contributed by atoms with E-state index in [0.717, 1.165) is 31.7 Å². The summed E-state index contributed by atoms with van der Waals surface area (Å²) in [7, 11) is 1.69. The number of benzene rings is 1. The van der Waals surface area contributed by atoms with E-state index < -0.39 is 0 Å². The first-order valence-corrected chi connectivity index (χ1v) is 6.62. The molecule has 0 saturated carbocycles. The van der Waals surface area contributed by atoms with Crippen molar-refractivity contribution in [1.29, 1.82) is 0 Å². The smallest absolute Gasteiger partial charge is 0.118 e. The molecule has 0 atom stereocenters. The molecule has 0 radical (unpaired) electrons. The summed E-state index contributed by atoms with van der Waals surface area (Å²) in [6, 6.07) is 8.16. The van der Waals surface area contributed by atoms with Crippen molar-refractivity contribution in [3.05, 3.63) is 47.3 Å². The van der Waals surface area contributed by atoms with E-state index in [1.54, 1.807) is 7.11 Å². The summed E-state index contributed by atoms with van der Waals surface area (Å²) in [5, 5.41) is 10.4. The van der Waals surface area contributed by atoms with Crippen molar-refractivity contribution in [2.24, 2.45) is 0 Å². The molecule has 0 unspecified atom stereocenters. The van der Waals surface area contributed by atoms with Crippen LogP contribution >= 0.6 is 0 Å². The molecule has 0 saturated heterocycles. The van der Waals surface area contributed by atoms with Crippen molar-refractivity contribution in [1.82, 2.24) is 15.5 Å². The minimum absolute atomic E-state index is 0.897. The Bertz CT molecular complexity index is 490. The molecule has 2 N–H and O–H groups in total. The number of H-pyrrole nitrogens is 1. The average molecular weight is 259 g/mol. The fraction of sp³-hybridized carbons (Fsp3) is 0.400. The van der Waals surface area contributed by atoms with Crippen molar-refractivity contribution in [2.45, 2.75) is 26.3 Å². The molecule has 0 aliphatic carbocycles. The van der Waals surface area contributed by atoms with Crippen LogP contribution in [0.2, 0.25) is 0 Å². The van der Waals surface area contributed by atoms with Crippen molar-refractivity contribution < 1.29 is 4.74 Å². The van der Waals surface area contributed by atoms with Crippen LogP contribution in [0.5, 0.6) is 5.75 Å². The Kier molecular flexibility index (Phi) is 4.98. The van der Waals surface area contributed by atoms with E-state index in [1.165, 1.54) is 16.8 Å². The first-order chi connectivity index (χ1) is 9.29. The number of aromatic amines is 1. The monoisotopic (exact) mass is 259 g/mol. The highest BCUT2D eigenvalue weighted by Crippen LogP contribution is 2.11. The molecule has 0 amide bonds. The van der Waals surface area contributed by atoms with E-state index in [9.17, 15) is 0 Å². The predicted molar refractivity (Wildman–Crippen MR) is 76.3 cm³/mol. The molecular formula is C15H21N3O. The van der Waals surface area contributed by atoms with Gasteiger partial charge in [-0.05, 0) is 49.6 Å². The quantitative estimate of drug-likeness (QED) is 0.751. The number of hydrogen-bond donors (Lipinski definition) is 2. The van der Waals surface area contributed by atoms with Gasteiger partial charge in [-0.2, -0.15) is 5.10 Å². The van der Waals surface area contributed by atoms with E-state index in [0.29, 0.717) is 0 Å². The van der Waals surface area contributed by atoms with Gasteiger partial charge in [0.1, 0.15) is 5.75 Å². The second-order valence-electron chi connectivity index (χ2n) is 4.65. The SMILES string of the molecule is COc1ccc(CNCCCc2cn[nH]c2C)cc1. The summed E-state index contributed by atoms with van der Waals surface area (Å²) < 4.78 is 5.14. The molecule has 4 nitrogen and oxygen atoms in total. The Hall–Kier alpha value is -1.81. The van der Waals surface area contributed by atoms with Crippen LogP contribution in [0.4, 0.5) is 0 Å². The van der Waals surface area contributed by atoms with Crippen molar-refractivity contribution in [3.63, 3.8) is 0 Å². The van der Waals surface area contributed by atoms with Crippen LogP contribution in [0.3, 0.4) is 0 Å². The number of nitrogens with zero attached hydrogens (tertiary/aromatic N) is 1. The third-order valence-electron chi connectivity index (χ3n) is 3.22. The van der Waals surface area contributed by atoms with E-state index >= 15 is 0 Å². The van der Waals surface area contributed by atoms with E-state index in [4.69, 9.17) is 4.74 Å². The number of methoxy groups -OCH3 is 1. The molecule has 19 heavy (non-hydrogen) atoms. The second kappa shape index (κ2) is 6.95. The Labute approximate surface area is 114 Å². The first-order valence-electron chi connectivity index (χ1n) is 6.62. The van der Waals surface area contributed by atoms with Crippen molar-refractivity contribution in [3.8, 4) is 5.75 Å². The number of hydrogen-bond acceptors (Lipinski definition) is 3. The lowest BCUT2D eigenvalue weighted by molar-refractivity contribution is 0.414. The van der Waals surface area contributed by atoms with Gasteiger partial charge in [0.05, 0.1) is 13.3 Å². The third-order valence-corrected chi connectivity index (χ3v) is 3.22. The van der Waals surface area contributed by atoms with Crippen LogP contribution in [0.1, 0.15) is 23.2 Å². The van der Waals surface area contributed by atoms with Gasteiger partial charge in [-0.1, -0.05) is 12.1 Å². The summed E-state index contributed by atoms with van der Waals surface area (Å²) in [6.07, 6.45) is 4.10. The van der Waals surface area contributed by atoms with Crippen molar-refractivity contribution >= 4 is 0 Å². The molecule has 0 spiro atoms. The average Bonchev–Trinajstić information content (AvgIpc) is 2.85. The fourth-order valence-electron chi connectivity index (χ4n) is 2.01. The van der Waals surface area contributed by atoms with E-state index in [2.05, 4.69) is 34.6 Å². The highest BCUT2D eigenvalue weighted by atomic mass is 16.5. The van der Waals surface area contributed by atoms with Crippen LogP contribution in [-0.2, 0) is 13.0 Å². The molecule has 0 fully saturated rings. The predicted octanol–water partition coefficient (Wildman–Crippen LogP) is 2.45. The largest absolute Gasteiger partial charge is 0.497 e. The van der Waals surface area contributed by atoms with Crippen LogP contribution < -0.4 is 10.1 Å². The number of rotatable bonds is 7. The van der Waals surface area contributed by atoms with Gasteiger partial charge in [0.15, 0.2) is 0 Å². The topological polar surface area (TPSA) is 49.9 Å². The Morgan fingerprint density at radius 1 is 1.26 bits per heavy atom. The number of ether oxygens (including phenoxy) is 1. The lowest BCUT2D eigenvalue weighted by atomic mass is 10.1. The molecule has 102 valence electrons. The molecule has 1 heterocycles. The van der Waals surface area contributed by atoms with Crippen molar-refractivity contribution in [2.75, 3.05) is 13.7 Å². The Morgan fingerprint density at radius 2 is 2.05 bits per heavy atom. The molecule has 2 aromatic rings.